The van der Waals surface area contributed by atoms with E-state index in [0.29, 0.717) is 6.61 Å². The van der Waals surface area contributed by atoms with Crippen molar-refractivity contribution in [2.45, 2.75) is 38.6 Å². The van der Waals surface area contributed by atoms with Crippen LogP contribution in [0.2, 0.25) is 0 Å². The average molecular weight is 272 g/mol. The van der Waals surface area contributed by atoms with Crippen molar-refractivity contribution in [2.75, 3.05) is 13.2 Å². The van der Waals surface area contributed by atoms with Crippen molar-refractivity contribution in [3.8, 4) is 0 Å². The van der Waals surface area contributed by atoms with Gasteiger partial charge in [-0.3, -0.25) is 0 Å². The van der Waals surface area contributed by atoms with Crippen LogP contribution in [0.15, 0.2) is 30.5 Å². The molecule has 20 heavy (non-hydrogen) atoms. The molecule has 0 amide bonds. The molecule has 3 rings (SSSR count). The third kappa shape index (κ3) is 2.89. The monoisotopic (exact) mass is 272 g/mol. The number of hydrogen-bond donors (Lipinski definition) is 3. The smallest absolute Gasteiger partial charge is 0.0499 e. The second-order valence-corrected chi connectivity index (χ2v) is 6.22. The molecule has 0 bridgehead atoms. The van der Waals surface area contributed by atoms with Gasteiger partial charge in [0.05, 0.1) is 0 Å². The lowest BCUT2D eigenvalue weighted by Gasteiger charge is -2.35. The van der Waals surface area contributed by atoms with Crippen LogP contribution in [0.3, 0.4) is 0 Å². The first-order valence-electron chi connectivity index (χ1n) is 7.69. The quantitative estimate of drug-likeness (QED) is 0.783. The number of nitrogens with one attached hydrogen (secondary N) is 2. The molecule has 0 unspecified atom stereocenters. The van der Waals surface area contributed by atoms with Gasteiger partial charge in [-0.05, 0) is 35.9 Å². The molecule has 3 nitrogen and oxygen atoms in total. The van der Waals surface area contributed by atoms with Gasteiger partial charge in [-0.1, -0.05) is 31.4 Å². The lowest BCUT2D eigenvalue weighted by molar-refractivity contribution is 0.0810. The lowest BCUT2D eigenvalue weighted by Crippen LogP contribution is -2.38. The number of benzene rings is 1. The number of aromatic amines is 1. The van der Waals surface area contributed by atoms with Crippen molar-refractivity contribution in [1.82, 2.24) is 10.3 Å². The largest absolute Gasteiger partial charge is 0.396 e. The summed E-state index contributed by atoms with van der Waals surface area (Å²) in [5.74, 6) is 0. The van der Waals surface area contributed by atoms with Gasteiger partial charge in [0.25, 0.3) is 0 Å². The standard InChI is InChI=1S/C17H24N2O/c20-13-17(7-2-1-3-8-17)12-18-11-14-4-5-15-6-9-19-16(15)10-14/h4-6,9-10,18-20H,1-3,7-8,11-13H2. The fourth-order valence-electron chi connectivity index (χ4n) is 3.37. The number of aromatic nitrogens is 1. The highest BCUT2D eigenvalue weighted by Crippen LogP contribution is 2.35. The predicted molar refractivity (Wildman–Crippen MR) is 82.6 cm³/mol. The van der Waals surface area contributed by atoms with Gasteiger partial charge in [-0.15, -0.1) is 0 Å². The molecule has 0 radical (unpaired) electrons. The van der Waals surface area contributed by atoms with Gasteiger partial charge in [-0.25, -0.2) is 0 Å². The fourth-order valence-corrected chi connectivity index (χ4v) is 3.37. The lowest BCUT2D eigenvalue weighted by atomic mass is 9.74. The summed E-state index contributed by atoms with van der Waals surface area (Å²) in [5.41, 5.74) is 2.61. The first-order chi connectivity index (χ1) is 9.81. The molecule has 1 aromatic carbocycles. The highest BCUT2D eigenvalue weighted by atomic mass is 16.3. The van der Waals surface area contributed by atoms with Crippen molar-refractivity contribution >= 4 is 10.9 Å². The minimum absolute atomic E-state index is 0.120. The Hall–Kier alpha value is -1.32. The average Bonchev–Trinajstić information content (AvgIpc) is 2.96. The normalized spacial score (nSPS) is 18.4. The van der Waals surface area contributed by atoms with E-state index in [2.05, 4.69) is 34.6 Å². The fraction of sp³-hybridized carbons (Fsp3) is 0.529. The van der Waals surface area contributed by atoms with E-state index in [4.69, 9.17) is 0 Å². The number of hydrogen-bond acceptors (Lipinski definition) is 2. The molecule has 1 saturated carbocycles. The van der Waals surface area contributed by atoms with E-state index < -0.39 is 0 Å². The van der Waals surface area contributed by atoms with Gasteiger partial charge >= 0.3 is 0 Å². The van der Waals surface area contributed by atoms with E-state index in [9.17, 15) is 5.11 Å². The summed E-state index contributed by atoms with van der Waals surface area (Å²) >= 11 is 0. The van der Waals surface area contributed by atoms with Crippen molar-refractivity contribution < 1.29 is 5.11 Å². The zero-order chi connectivity index (χ0) is 13.8. The second-order valence-electron chi connectivity index (χ2n) is 6.22. The van der Waals surface area contributed by atoms with E-state index in [1.54, 1.807) is 0 Å². The van der Waals surface area contributed by atoms with Gasteiger partial charge in [-0.2, -0.15) is 0 Å². The van der Waals surface area contributed by atoms with Gasteiger partial charge in [0.15, 0.2) is 0 Å². The Bertz CT molecular complexity index is 555. The molecule has 1 heterocycles. The molecule has 1 aromatic heterocycles. The summed E-state index contributed by atoms with van der Waals surface area (Å²) in [6.45, 7) is 2.11. The molecule has 0 aliphatic heterocycles. The van der Waals surface area contributed by atoms with E-state index in [1.165, 1.54) is 35.7 Å². The Labute approximate surface area is 120 Å². The van der Waals surface area contributed by atoms with Crippen LogP contribution in [-0.2, 0) is 6.54 Å². The Morgan fingerprint density at radius 3 is 2.80 bits per heavy atom. The first kappa shape index (κ1) is 13.7. The van der Waals surface area contributed by atoms with Crippen LogP contribution in [0, 0.1) is 5.41 Å². The summed E-state index contributed by atoms with van der Waals surface area (Å²) in [6, 6.07) is 8.63. The zero-order valence-electron chi connectivity index (χ0n) is 12.0. The SMILES string of the molecule is OCC1(CNCc2ccc3cc[nH]c3c2)CCCCC1. The zero-order valence-corrected chi connectivity index (χ0v) is 12.0. The van der Waals surface area contributed by atoms with Crippen LogP contribution < -0.4 is 5.32 Å². The van der Waals surface area contributed by atoms with E-state index in [0.717, 1.165) is 25.9 Å². The van der Waals surface area contributed by atoms with Gasteiger partial charge in [0, 0.05) is 36.8 Å². The molecule has 1 fully saturated rings. The third-order valence-electron chi connectivity index (χ3n) is 4.70. The van der Waals surface area contributed by atoms with Gasteiger partial charge < -0.3 is 15.4 Å². The molecule has 0 atom stereocenters. The van der Waals surface area contributed by atoms with Crippen LogP contribution in [-0.4, -0.2) is 23.2 Å². The number of rotatable bonds is 5. The summed E-state index contributed by atoms with van der Waals surface area (Å²) in [6.07, 6.45) is 8.14. The Morgan fingerprint density at radius 2 is 2.00 bits per heavy atom. The van der Waals surface area contributed by atoms with Crippen LogP contribution in [0.1, 0.15) is 37.7 Å². The molecular weight excluding hydrogens is 248 g/mol. The summed E-state index contributed by atoms with van der Waals surface area (Å²) in [5, 5.41) is 14.5. The third-order valence-corrected chi connectivity index (χ3v) is 4.70. The first-order valence-corrected chi connectivity index (χ1v) is 7.69. The summed E-state index contributed by atoms with van der Waals surface area (Å²) < 4.78 is 0. The molecule has 3 N–H and O–H groups in total. The van der Waals surface area contributed by atoms with Crippen molar-refractivity contribution in [3.05, 3.63) is 36.0 Å². The Kier molecular flexibility index (Phi) is 4.08. The molecule has 0 saturated heterocycles. The van der Waals surface area contributed by atoms with Crippen molar-refractivity contribution in [2.24, 2.45) is 5.41 Å². The molecule has 3 heteroatoms. The molecule has 1 aliphatic carbocycles. The molecule has 1 aliphatic rings. The Morgan fingerprint density at radius 1 is 1.15 bits per heavy atom. The molecular formula is C17H24N2O. The number of fused-ring (bicyclic) bond motifs is 1. The van der Waals surface area contributed by atoms with Gasteiger partial charge in [0.1, 0.15) is 0 Å². The minimum atomic E-state index is 0.120. The van der Waals surface area contributed by atoms with Crippen molar-refractivity contribution in [3.63, 3.8) is 0 Å². The maximum absolute atomic E-state index is 9.71. The molecule has 0 spiro atoms. The van der Waals surface area contributed by atoms with E-state index in [-0.39, 0.29) is 5.41 Å². The number of aliphatic hydroxyl groups is 1. The topological polar surface area (TPSA) is 48.0 Å². The van der Waals surface area contributed by atoms with E-state index in [1.807, 2.05) is 6.20 Å². The number of H-pyrrole nitrogens is 1. The maximum Gasteiger partial charge on any atom is 0.0499 e. The van der Waals surface area contributed by atoms with Crippen molar-refractivity contribution in [1.29, 1.82) is 0 Å². The highest BCUT2D eigenvalue weighted by Gasteiger charge is 2.30. The maximum atomic E-state index is 9.71. The summed E-state index contributed by atoms with van der Waals surface area (Å²) in [4.78, 5) is 3.25. The summed E-state index contributed by atoms with van der Waals surface area (Å²) in [7, 11) is 0. The molecule has 108 valence electrons. The minimum Gasteiger partial charge on any atom is -0.396 e. The second kappa shape index (κ2) is 5.98. The molecule has 2 aromatic rings. The van der Waals surface area contributed by atoms with Crippen LogP contribution in [0.4, 0.5) is 0 Å². The Balaban J connectivity index is 1.58. The van der Waals surface area contributed by atoms with Crippen LogP contribution >= 0.6 is 0 Å². The highest BCUT2D eigenvalue weighted by molar-refractivity contribution is 5.79. The van der Waals surface area contributed by atoms with Crippen LogP contribution in [0.5, 0.6) is 0 Å². The van der Waals surface area contributed by atoms with Crippen LogP contribution in [0.25, 0.3) is 10.9 Å². The number of aliphatic hydroxyl groups excluding tert-OH is 1. The van der Waals surface area contributed by atoms with Gasteiger partial charge in [0.2, 0.25) is 0 Å². The van der Waals surface area contributed by atoms with E-state index >= 15 is 0 Å². The predicted octanol–water partition coefficient (Wildman–Crippen LogP) is 3.20.